The number of ether oxygens (including phenoxy) is 1. The number of carbonyl (C=O) groups is 1. The second-order valence-electron chi connectivity index (χ2n) is 4.48. The molecule has 1 atom stereocenters. The normalized spacial score (nSPS) is 17.6. The number of carbonyl (C=O) groups excluding carboxylic acids is 1. The van der Waals surface area contributed by atoms with Crippen LogP contribution in [0.2, 0.25) is 0 Å². The van der Waals surface area contributed by atoms with Crippen LogP contribution in [0.1, 0.15) is 42.6 Å². The Labute approximate surface area is 102 Å². The molecule has 2 rings (SSSR count). The number of aromatic nitrogens is 2. The van der Waals surface area contributed by atoms with Crippen molar-refractivity contribution in [3.63, 3.8) is 0 Å². The van der Waals surface area contributed by atoms with Gasteiger partial charge in [-0.25, -0.2) is 0 Å². The molecule has 1 aromatic rings. The van der Waals surface area contributed by atoms with Gasteiger partial charge in [0, 0.05) is 12.3 Å². The molecule has 1 aliphatic rings. The van der Waals surface area contributed by atoms with E-state index in [1.807, 2.05) is 0 Å². The lowest BCUT2D eigenvalue weighted by molar-refractivity contribution is -0.139. The number of hydrogen-bond acceptors (Lipinski definition) is 3. The van der Waals surface area contributed by atoms with Crippen molar-refractivity contribution < 1.29 is 22.7 Å². The van der Waals surface area contributed by atoms with Crippen LogP contribution in [0.3, 0.4) is 0 Å². The second-order valence-corrected chi connectivity index (χ2v) is 4.48. The van der Waals surface area contributed by atoms with E-state index in [1.165, 1.54) is 6.92 Å². The van der Waals surface area contributed by atoms with E-state index in [9.17, 15) is 18.0 Å². The summed E-state index contributed by atoms with van der Waals surface area (Å²) < 4.78 is 43.6. The fraction of sp³-hybridized carbons (Fsp3) is 0.636. The number of halogens is 3. The topological polar surface area (TPSA) is 55.0 Å². The Balaban J connectivity index is 2.26. The highest BCUT2D eigenvalue weighted by Crippen LogP contribution is 2.46. The number of hydrogen-bond donors (Lipinski definition) is 1. The zero-order chi connectivity index (χ0) is 13.3. The van der Waals surface area contributed by atoms with Gasteiger partial charge in [-0.15, -0.1) is 0 Å². The molecule has 1 fully saturated rings. The van der Waals surface area contributed by atoms with E-state index in [4.69, 9.17) is 0 Å². The minimum atomic E-state index is -4.43. The van der Waals surface area contributed by atoms with Gasteiger partial charge in [0.25, 0.3) is 6.47 Å². The predicted molar refractivity (Wildman–Crippen MR) is 55.9 cm³/mol. The van der Waals surface area contributed by atoms with Crippen molar-refractivity contribution in [1.29, 1.82) is 0 Å². The lowest BCUT2D eigenvalue weighted by atomic mass is 10.1. The number of nitrogens with zero attached hydrogens (tertiary/aromatic N) is 1. The molecule has 1 N–H and O–H groups in total. The lowest BCUT2D eigenvalue weighted by Gasteiger charge is -2.12. The van der Waals surface area contributed by atoms with Crippen LogP contribution in [-0.4, -0.2) is 22.8 Å². The van der Waals surface area contributed by atoms with Crippen LogP contribution in [0.25, 0.3) is 0 Å². The molecule has 0 aromatic carbocycles. The third-order valence-corrected chi connectivity index (χ3v) is 2.90. The third-order valence-electron chi connectivity index (χ3n) is 2.90. The molecule has 7 heteroatoms. The maximum Gasteiger partial charge on any atom is 0.419 e. The molecule has 1 aromatic heterocycles. The number of alkyl halides is 3. The quantitative estimate of drug-likeness (QED) is 0.829. The first kappa shape index (κ1) is 12.9. The first-order valence-electron chi connectivity index (χ1n) is 5.67. The summed E-state index contributed by atoms with van der Waals surface area (Å²) in [6.45, 7) is 1.77. The molecule has 1 saturated carbocycles. The molecule has 0 radical (unpaired) electrons. The maximum atomic E-state index is 13.0. The van der Waals surface area contributed by atoms with Gasteiger partial charge in [-0.3, -0.25) is 9.89 Å². The van der Waals surface area contributed by atoms with E-state index in [0.29, 0.717) is 0 Å². The Morgan fingerprint density at radius 2 is 2.22 bits per heavy atom. The molecule has 0 amide bonds. The SMILES string of the molecule is CC(Cc1[nH]nc(C2CC2)c1C(F)(F)F)OC=O. The molecule has 1 unspecified atom stereocenters. The van der Waals surface area contributed by atoms with Gasteiger partial charge >= 0.3 is 6.18 Å². The van der Waals surface area contributed by atoms with Crippen LogP contribution in [0.4, 0.5) is 13.2 Å². The average molecular weight is 262 g/mol. The number of rotatable bonds is 5. The summed E-state index contributed by atoms with van der Waals surface area (Å²) >= 11 is 0. The van der Waals surface area contributed by atoms with E-state index < -0.39 is 17.8 Å². The van der Waals surface area contributed by atoms with Crippen LogP contribution in [0.5, 0.6) is 0 Å². The third kappa shape index (κ3) is 2.65. The van der Waals surface area contributed by atoms with E-state index in [1.54, 1.807) is 0 Å². The summed E-state index contributed by atoms with van der Waals surface area (Å²) in [5.41, 5.74) is -0.610. The Morgan fingerprint density at radius 3 is 2.72 bits per heavy atom. The molecule has 0 spiro atoms. The fourth-order valence-electron chi connectivity index (χ4n) is 1.94. The zero-order valence-corrected chi connectivity index (χ0v) is 9.75. The summed E-state index contributed by atoms with van der Waals surface area (Å²) in [7, 11) is 0. The van der Waals surface area contributed by atoms with Crippen LogP contribution in [0, 0.1) is 0 Å². The van der Waals surface area contributed by atoms with Crippen LogP contribution >= 0.6 is 0 Å². The monoisotopic (exact) mass is 262 g/mol. The Hall–Kier alpha value is -1.53. The highest BCUT2D eigenvalue weighted by molar-refractivity contribution is 5.38. The van der Waals surface area contributed by atoms with Gasteiger partial charge < -0.3 is 4.74 Å². The molecule has 1 heterocycles. The van der Waals surface area contributed by atoms with Crippen molar-refractivity contribution in [1.82, 2.24) is 10.2 Å². The Bertz CT molecular complexity index is 438. The van der Waals surface area contributed by atoms with Gasteiger partial charge in [-0.1, -0.05) is 0 Å². The molecule has 0 aliphatic heterocycles. The van der Waals surface area contributed by atoms with Crippen LogP contribution in [0.15, 0.2) is 0 Å². The summed E-state index contributed by atoms with van der Waals surface area (Å²) in [6, 6.07) is 0. The molecule has 1 aliphatic carbocycles. The average Bonchev–Trinajstić information content (AvgIpc) is 2.99. The highest BCUT2D eigenvalue weighted by Gasteiger charge is 2.43. The lowest BCUT2D eigenvalue weighted by Crippen LogP contribution is -2.16. The second kappa shape index (κ2) is 4.62. The van der Waals surface area contributed by atoms with Crippen molar-refractivity contribution in [2.45, 2.75) is 44.4 Å². The molecule has 18 heavy (non-hydrogen) atoms. The number of aromatic amines is 1. The number of H-pyrrole nitrogens is 1. The summed E-state index contributed by atoms with van der Waals surface area (Å²) in [5, 5.41) is 6.19. The molecule has 0 saturated heterocycles. The zero-order valence-electron chi connectivity index (χ0n) is 9.75. The van der Waals surface area contributed by atoms with Gasteiger partial charge in [0.15, 0.2) is 0 Å². The van der Waals surface area contributed by atoms with Gasteiger partial charge in [0.05, 0.1) is 11.4 Å². The minimum absolute atomic E-state index is 0.0150. The highest BCUT2D eigenvalue weighted by atomic mass is 19.4. The Morgan fingerprint density at radius 1 is 1.56 bits per heavy atom. The van der Waals surface area contributed by atoms with Crippen molar-refractivity contribution in [2.24, 2.45) is 0 Å². The molecule has 0 bridgehead atoms. The summed E-state index contributed by atoms with van der Waals surface area (Å²) in [6.07, 6.45) is -3.58. The first-order chi connectivity index (χ1) is 8.43. The molecule has 100 valence electrons. The van der Waals surface area contributed by atoms with Gasteiger partial charge in [-0.2, -0.15) is 18.3 Å². The van der Waals surface area contributed by atoms with E-state index in [2.05, 4.69) is 14.9 Å². The van der Waals surface area contributed by atoms with Gasteiger partial charge in [0.1, 0.15) is 11.7 Å². The van der Waals surface area contributed by atoms with Gasteiger partial charge in [-0.05, 0) is 19.8 Å². The van der Waals surface area contributed by atoms with Crippen molar-refractivity contribution in [3.8, 4) is 0 Å². The van der Waals surface area contributed by atoms with Crippen molar-refractivity contribution in [2.75, 3.05) is 0 Å². The standard InChI is InChI=1S/C11H13F3N2O2/c1-6(18-5-17)4-8-9(11(12,13)14)10(16-15-8)7-2-3-7/h5-7H,2-4H2,1H3,(H,15,16). The Kier molecular flexibility index (Phi) is 3.32. The van der Waals surface area contributed by atoms with Crippen LogP contribution < -0.4 is 0 Å². The first-order valence-corrected chi connectivity index (χ1v) is 5.67. The number of nitrogens with one attached hydrogen (secondary N) is 1. The van der Waals surface area contributed by atoms with E-state index in [-0.39, 0.29) is 30.2 Å². The predicted octanol–water partition coefficient (Wildman–Crippen LogP) is 2.41. The summed E-state index contributed by atoms with van der Waals surface area (Å²) in [5.74, 6) is -0.0890. The minimum Gasteiger partial charge on any atom is -0.464 e. The maximum absolute atomic E-state index is 13.0. The molecular weight excluding hydrogens is 249 g/mol. The van der Waals surface area contributed by atoms with Crippen LogP contribution in [-0.2, 0) is 22.1 Å². The van der Waals surface area contributed by atoms with E-state index >= 15 is 0 Å². The largest absolute Gasteiger partial charge is 0.464 e. The van der Waals surface area contributed by atoms with Crippen molar-refractivity contribution >= 4 is 6.47 Å². The smallest absolute Gasteiger partial charge is 0.419 e. The molecular formula is C11H13F3N2O2. The molecule has 4 nitrogen and oxygen atoms in total. The van der Waals surface area contributed by atoms with Gasteiger partial charge in [0.2, 0.25) is 0 Å². The fourth-order valence-corrected chi connectivity index (χ4v) is 1.94. The van der Waals surface area contributed by atoms with Crippen molar-refractivity contribution in [3.05, 3.63) is 17.0 Å². The summed E-state index contributed by atoms with van der Waals surface area (Å²) in [4.78, 5) is 10.1. The van der Waals surface area contributed by atoms with E-state index in [0.717, 1.165) is 12.8 Å².